The maximum absolute atomic E-state index is 10.5. The summed E-state index contributed by atoms with van der Waals surface area (Å²) in [4.78, 5) is 10.0. The van der Waals surface area contributed by atoms with Crippen LogP contribution < -0.4 is 5.32 Å². The van der Waals surface area contributed by atoms with E-state index in [1.165, 1.54) is 12.1 Å². The Hall–Kier alpha value is -2.02. The second-order valence-electron chi connectivity index (χ2n) is 3.67. The monoisotopic (exact) mass is 235 g/mol. The van der Waals surface area contributed by atoms with E-state index in [-0.39, 0.29) is 5.69 Å². The van der Waals surface area contributed by atoms with Crippen molar-refractivity contribution >= 4 is 11.4 Å². The minimum Gasteiger partial charge on any atom is -0.313 e. The van der Waals surface area contributed by atoms with Crippen LogP contribution in [0.5, 0.6) is 0 Å². The molecule has 17 heavy (non-hydrogen) atoms. The van der Waals surface area contributed by atoms with Gasteiger partial charge in [-0.1, -0.05) is 5.22 Å². The number of nitrogens with zero attached hydrogens (tertiary/aromatic N) is 4. The molecule has 0 bridgehead atoms. The van der Waals surface area contributed by atoms with Crippen molar-refractivity contribution in [2.45, 2.75) is 0 Å². The second-order valence-corrected chi connectivity index (χ2v) is 3.67. The van der Waals surface area contributed by atoms with Crippen molar-refractivity contribution in [1.82, 2.24) is 10.3 Å². The largest absolute Gasteiger partial charge is 0.313 e. The van der Waals surface area contributed by atoms with Crippen LogP contribution in [0.25, 0.3) is 0 Å². The van der Waals surface area contributed by atoms with E-state index in [1.807, 2.05) is 5.01 Å². The minimum absolute atomic E-state index is 0.0612. The number of non-ortho nitro benzene ring substituents is 1. The molecular formula is C10H13N5O2. The molecule has 1 aromatic rings. The first kappa shape index (κ1) is 11.5. The van der Waals surface area contributed by atoms with Gasteiger partial charge in [0, 0.05) is 25.2 Å². The molecule has 7 nitrogen and oxygen atoms in total. The van der Waals surface area contributed by atoms with Gasteiger partial charge in [0.15, 0.2) is 0 Å². The maximum atomic E-state index is 10.5. The molecule has 1 fully saturated rings. The molecule has 1 aromatic carbocycles. The highest BCUT2D eigenvalue weighted by atomic mass is 16.6. The van der Waals surface area contributed by atoms with Crippen LogP contribution in [0, 0.1) is 10.1 Å². The Morgan fingerprint density at radius 1 is 1.24 bits per heavy atom. The average Bonchev–Trinajstić information content (AvgIpc) is 2.38. The van der Waals surface area contributed by atoms with E-state index >= 15 is 0 Å². The maximum Gasteiger partial charge on any atom is 0.269 e. The quantitative estimate of drug-likeness (QED) is 0.489. The molecular weight excluding hydrogens is 222 g/mol. The number of benzene rings is 1. The van der Waals surface area contributed by atoms with Crippen molar-refractivity contribution in [2.24, 2.45) is 10.3 Å². The first-order chi connectivity index (χ1) is 8.25. The summed E-state index contributed by atoms with van der Waals surface area (Å²) in [7, 11) is 0. The van der Waals surface area contributed by atoms with Gasteiger partial charge in [-0.25, -0.2) is 0 Å². The third-order valence-electron chi connectivity index (χ3n) is 2.44. The number of rotatable bonds is 3. The molecule has 1 aliphatic rings. The standard InChI is InChI=1S/C10H13N5O2/c16-15(17)10-3-1-9(2-4-10)12-13-14-7-5-11-6-8-14/h1-4,11H,5-8H2. The van der Waals surface area contributed by atoms with E-state index in [1.54, 1.807) is 12.1 Å². The van der Waals surface area contributed by atoms with Crippen LogP contribution in [0.1, 0.15) is 0 Å². The van der Waals surface area contributed by atoms with Crippen molar-refractivity contribution in [3.05, 3.63) is 34.4 Å². The van der Waals surface area contributed by atoms with Crippen LogP contribution >= 0.6 is 0 Å². The lowest BCUT2D eigenvalue weighted by Crippen LogP contribution is -2.40. The topological polar surface area (TPSA) is 83.1 Å². The van der Waals surface area contributed by atoms with Crippen molar-refractivity contribution in [3.63, 3.8) is 0 Å². The number of nitrogens with one attached hydrogen (secondary N) is 1. The van der Waals surface area contributed by atoms with E-state index in [9.17, 15) is 10.1 Å². The summed E-state index contributed by atoms with van der Waals surface area (Å²) < 4.78 is 0. The highest BCUT2D eigenvalue weighted by Crippen LogP contribution is 2.18. The molecule has 0 spiro atoms. The highest BCUT2D eigenvalue weighted by molar-refractivity contribution is 5.43. The first-order valence-electron chi connectivity index (χ1n) is 5.37. The molecule has 0 saturated carbocycles. The highest BCUT2D eigenvalue weighted by Gasteiger charge is 2.06. The van der Waals surface area contributed by atoms with Gasteiger partial charge in [-0.15, -0.1) is 5.11 Å². The summed E-state index contributed by atoms with van der Waals surface area (Å²) >= 11 is 0. The van der Waals surface area contributed by atoms with E-state index in [0.717, 1.165) is 26.2 Å². The molecule has 0 amide bonds. The average molecular weight is 235 g/mol. The Balaban J connectivity index is 1.98. The van der Waals surface area contributed by atoms with Crippen LogP contribution in [-0.4, -0.2) is 36.1 Å². The summed E-state index contributed by atoms with van der Waals surface area (Å²) in [5.74, 6) is 0. The molecule has 0 aromatic heterocycles. The SMILES string of the molecule is O=[N+]([O-])c1ccc(N=NN2CCNCC2)cc1. The van der Waals surface area contributed by atoms with E-state index < -0.39 is 4.92 Å². The predicted molar refractivity (Wildman–Crippen MR) is 62.1 cm³/mol. The Morgan fingerprint density at radius 3 is 2.47 bits per heavy atom. The summed E-state index contributed by atoms with van der Waals surface area (Å²) in [6.45, 7) is 3.46. The summed E-state index contributed by atoms with van der Waals surface area (Å²) in [6.07, 6.45) is 0. The molecule has 1 heterocycles. The summed E-state index contributed by atoms with van der Waals surface area (Å²) in [5.41, 5.74) is 0.681. The number of hydrogen-bond acceptors (Lipinski definition) is 5. The lowest BCUT2D eigenvalue weighted by atomic mass is 10.3. The lowest BCUT2D eigenvalue weighted by Gasteiger charge is -2.22. The van der Waals surface area contributed by atoms with Gasteiger partial charge in [-0.2, -0.15) is 0 Å². The molecule has 0 radical (unpaired) electrons. The van der Waals surface area contributed by atoms with Gasteiger partial charge in [0.2, 0.25) is 0 Å². The van der Waals surface area contributed by atoms with E-state index in [2.05, 4.69) is 15.7 Å². The molecule has 7 heteroatoms. The van der Waals surface area contributed by atoms with Crippen LogP contribution in [0.2, 0.25) is 0 Å². The Labute approximate surface area is 98.3 Å². The second kappa shape index (κ2) is 5.35. The van der Waals surface area contributed by atoms with Crippen LogP contribution in [0.4, 0.5) is 11.4 Å². The third kappa shape index (κ3) is 3.22. The third-order valence-corrected chi connectivity index (χ3v) is 2.44. The molecule has 90 valence electrons. The summed E-state index contributed by atoms with van der Waals surface area (Å²) in [6, 6.07) is 6.02. The Bertz CT molecular complexity index is 411. The first-order valence-corrected chi connectivity index (χ1v) is 5.37. The molecule has 1 saturated heterocycles. The van der Waals surface area contributed by atoms with Gasteiger partial charge in [-0.05, 0) is 12.1 Å². The predicted octanol–water partition coefficient (Wildman–Crippen LogP) is 1.50. The van der Waals surface area contributed by atoms with E-state index in [0.29, 0.717) is 5.69 Å². The van der Waals surface area contributed by atoms with Gasteiger partial charge < -0.3 is 5.32 Å². The van der Waals surface area contributed by atoms with Crippen molar-refractivity contribution in [2.75, 3.05) is 26.2 Å². The van der Waals surface area contributed by atoms with E-state index in [4.69, 9.17) is 0 Å². The zero-order chi connectivity index (χ0) is 12.1. The minimum atomic E-state index is -0.433. The zero-order valence-electron chi connectivity index (χ0n) is 9.24. The molecule has 1 aliphatic heterocycles. The molecule has 0 unspecified atom stereocenters. The fourth-order valence-corrected chi connectivity index (χ4v) is 1.50. The Kier molecular flexibility index (Phi) is 3.61. The van der Waals surface area contributed by atoms with Gasteiger partial charge in [-0.3, -0.25) is 15.1 Å². The van der Waals surface area contributed by atoms with Gasteiger partial charge in [0.1, 0.15) is 0 Å². The molecule has 0 atom stereocenters. The molecule has 0 aliphatic carbocycles. The zero-order valence-corrected chi connectivity index (χ0v) is 9.24. The lowest BCUT2D eigenvalue weighted by molar-refractivity contribution is -0.384. The van der Waals surface area contributed by atoms with Crippen LogP contribution in [0.15, 0.2) is 34.6 Å². The Morgan fingerprint density at radius 2 is 1.88 bits per heavy atom. The molecule has 2 rings (SSSR count). The fourth-order valence-electron chi connectivity index (χ4n) is 1.50. The molecule has 1 N–H and O–H groups in total. The van der Waals surface area contributed by atoms with Crippen molar-refractivity contribution in [3.8, 4) is 0 Å². The number of piperazine rings is 1. The smallest absolute Gasteiger partial charge is 0.269 e. The van der Waals surface area contributed by atoms with Gasteiger partial charge in [0.25, 0.3) is 5.69 Å². The van der Waals surface area contributed by atoms with Crippen LogP contribution in [0.3, 0.4) is 0 Å². The number of hydrogen-bond donors (Lipinski definition) is 1. The normalized spacial score (nSPS) is 16.4. The number of nitro benzene ring substituents is 1. The van der Waals surface area contributed by atoms with Crippen molar-refractivity contribution < 1.29 is 4.92 Å². The number of nitro groups is 1. The summed E-state index contributed by atoms with van der Waals surface area (Å²) in [5, 5.41) is 23.6. The van der Waals surface area contributed by atoms with Crippen LogP contribution in [-0.2, 0) is 0 Å². The van der Waals surface area contributed by atoms with Gasteiger partial charge in [0.05, 0.1) is 23.7 Å². The van der Waals surface area contributed by atoms with Gasteiger partial charge >= 0.3 is 0 Å². The van der Waals surface area contributed by atoms with Crippen molar-refractivity contribution in [1.29, 1.82) is 0 Å². The fraction of sp³-hybridized carbons (Fsp3) is 0.400.